The molecule has 6 nitrogen and oxygen atoms in total. The highest BCUT2D eigenvalue weighted by Crippen LogP contribution is 2.35. The summed E-state index contributed by atoms with van der Waals surface area (Å²) in [5.41, 5.74) is 2.22. The molecule has 2 aromatic carbocycles. The van der Waals surface area contributed by atoms with Crippen LogP contribution in [0.25, 0.3) is 0 Å². The molecule has 32 heavy (non-hydrogen) atoms. The van der Waals surface area contributed by atoms with Crippen molar-refractivity contribution < 1.29 is 14.1 Å². The highest BCUT2D eigenvalue weighted by molar-refractivity contribution is 5.98. The van der Waals surface area contributed by atoms with Gasteiger partial charge in [0.25, 0.3) is 0 Å². The van der Waals surface area contributed by atoms with Crippen LogP contribution in [-0.2, 0) is 0 Å². The van der Waals surface area contributed by atoms with Crippen LogP contribution in [0.2, 0.25) is 0 Å². The highest BCUT2D eigenvalue weighted by Gasteiger charge is 2.43. The zero-order chi connectivity index (χ0) is 23.1. The Morgan fingerprint density at radius 3 is 2.03 bits per heavy atom. The van der Waals surface area contributed by atoms with Crippen molar-refractivity contribution in [3.63, 3.8) is 0 Å². The molecule has 0 saturated carbocycles. The summed E-state index contributed by atoms with van der Waals surface area (Å²) in [6.45, 7) is 0. The number of carbonyl (C=O) groups excluding carboxylic acids is 1. The lowest BCUT2D eigenvalue weighted by Crippen LogP contribution is -2.48. The summed E-state index contributed by atoms with van der Waals surface area (Å²) in [6.07, 6.45) is 3.65. The summed E-state index contributed by atoms with van der Waals surface area (Å²) < 4.78 is 7.04. The molecule has 0 fully saturated rings. The zero-order valence-corrected chi connectivity index (χ0v) is 18.3. The van der Waals surface area contributed by atoms with Crippen LogP contribution in [0.3, 0.4) is 0 Å². The lowest BCUT2D eigenvalue weighted by atomic mass is 9.78. The first kappa shape index (κ1) is 22.5. The largest absolute Gasteiger partial charge is 0.497 e. The van der Waals surface area contributed by atoms with Crippen LogP contribution >= 0.6 is 0 Å². The summed E-state index contributed by atoms with van der Waals surface area (Å²) in [5.74, 6) is -1.21. The Labute approximate surface area is 188 Å². The first-order valence-electron chi connectivity index (χ1n) is 10.2. The minimum Gasteiger partial charge on any atom is -0.497 e. The van der Waals surface area contributed by atoms with Crippen molar-refractivity contribution >= 4 is 11.5 Å². The van der Waals surface area contributed by atoms with Gasteiger partial charge in [0.1, 0.15) is 11.7 Å². The van der Waals surface area contributed by atoms with Crippen LogP contribution < -0.4 is 14.2 Å². The Kier molecular flexibility index (Phi) is 7.21. The normalized spacial score (nSPS) is 12.3. The maximum Gasteiger partial charge on any atom is 0.231 e. The number of rotatable bonds is 8. The molecule has 0 aliphatic rings. The third-order valence-corrected chi connectivity index (χ3v) is 5.48. The van der Waals surface area contributed by atoms with Gasteiger partial charge in [-0.15, -0.1) is 0 Å². The second kappa shape index (κ2) is 10.2. The van der Waals surface area contributed by atoms with Crippen LogP contribution in [0.4, 0.5) is 5.69 Å². The van der Waals surface area contributed by atoms with E-state index in [1.54, 1.807) is 48.1 Å². The van der Waals surface area contributed by atoms with E-state index in [0.29, 0.717) is 11.3 Å². The number of anilines is 1. The Morgan fingerprint density at radius 1 is 0.938 bits per heavy atom. The molecule has 2 atom stereocenters. The molecule has 0 aliphatic carbocycles. The molecule has 0 N–H and O–H groups in total. The van der Waals surface area contributed by atoms with Crippen molar-refractivity contribution in [2.45, 2.75) is 12.0 Å². The Bertz CT molecular complexity index is 1110. The van der Waals surface area contributed by atoms with Crippen LogP contribution in [-0.4, -0.2) is 27.0 Å². The van der Waals surface area contributed by atoms with Crippen molar-refractivity contribution in [3.8, 4) is 17.9 Å². The number of Topliss-reactive ketones (excluding diaryl/α,β-unsaturated/α-hetero) is 1. The molecule has 2 unspecified atom stereocenters. The van der Waals surface area contributed by atoms with E-state index in [1.807, 2.05) is 61.7 Å². The van der Waals surface area contributed by atoms with E-state index in [9.17, 15) is 15.3 Å². The summed E-state index contributed by atoms with van der Waals surface area (Å²) in [7, 11) is 5.45. The quantitative estimate of drug-likeness (QED) is 0.404. The molecule has 3 rings (SSSR count). The Morgan fingerprint density at radius 2 is 1.53 bits per heavy atom. The summed E-state index contributed by atoms with van der Waals surface area (Å²) in [4.78, 5) is 15.7. The number of ketones is 1. The molecule has 0 saturated heterocycles. The molecule has 0 amide bonds. The van der Waals surface area contributed by atoms with Gasteiger partial charge in [-0.2, -0.15) is 15.1 Å². The Balaban J connectivity index is 2.19. The number of nitrogens with zero attached hydrogens (tertiary/aromatic N) is 4. The molecular weight excluding hydrogens is 400 g/mol. The first-order valence-corrected chi connectivity index (χ1v) is 10.2. The maximum absolute atomic E-state index is 13.8. The molecule has 0 radical (unpaired) electrons. The van der Waals surface area contributed by atoms with E-state index < -0.39 is 17.9 Å². The summed E-state index contributed by atoms with van der Waals surface area (Å²) >= 11 is 0. The lowest BCUT2D eigenvalue weighted by molar-refractivity contribution is -0.711. The van der Waals surface area contributed by atoms with Gasteiger partial charge in [0.2, 0.25) is 11.8 Å². The highest BCUT2D eigenvalue weighted by atomic mass is 16.5. The smallest absolute Gasteiger partial charge is 0.231 e. The van der Waals surface area contributed by atoms with Crippen LogP contribution in [0.15, 0.2) is 79.1 Å². The topological polar surface area (TPSA) is 81.0 Å². The van der Waals surface area contributed by atoms with E-state index in [4.69, 9.17) is 4.74 Å². The molecule has 0 spiro atoms. The predicted molar refractivity (Wildman–Crippen MR) is 121 cm³/mol. The number of pyridine rings is 1. The fourth-order valence-electron chi connectivity index (χ4n) is 3.74. The van der Waals surface area contributed by atoms with Crippen LogP contribution in [0.5, 0.6) is 5.75 Å². The first-order chi connectivity index (χ1) is 15.5. The summed E-state index contributed by atoms with van der Waals surface area (Å²) in [6, 6.07) is 23.4. The second-order valence-electron chi connectivity index (χ2n) is 7.61. The Hall–Kier alpha value is -4.16. The van der Waals surface area contributed by atoms with Crippen LogP contribution in [0, 0.1) is 28.6 Å². The van der Waals surface area contributed by atoms with Gasteiger partial charge in [-0.1, -0.05) is 42.5 Å². The third-order valence-electron chi connectivity index (χ3n) is 5.48. The average Bonchev–Trinajstić information content (AvgIpc) is 2.84. The maximum atomic E-state index is 13.8. The monoisotopic (exact) mass is 425 g/mol. The van der Waals surface area contributed by atoms with E-state index in [0.717, 1.165) is 11.3 Å². The van der Waals surface area contributed by atoms with E-state index in [-0.39, 0.29) is 5.78 Å². The average molecular weight is 426 g/mol. The van der Waals surface area contributed by atoms with Crippen LogP contribution in [0.1, 0.15) is 27.9 Å². The van der Waals surface area contributed by atoms with Gasteiger partial charge in [-0.25, -0.2) is 0 Å². The molecule has 1 aromatic heterocycles. The number of methoxy groups -OCH3 is 1. The van der Waals surface area contributed by atoms with E-state index in [1.165, 1.54) is 0 Å². The second-order valence-corrected chi connectivity index (χ2v) is 7.61. The number of ether oxygens (including phenoxy) is 1. The predicted octanol–water partition coefficient (Wildman–Crippen LogP) is 3.92. The number of hydrogen-bond acceptors (Lipinski definition) is 5. The lowest BCUT2D eigenvalue weighted by Gasteiger charge is -2.24. The van der Waals surface area contributed by atoms with Crippen molar-refractivity contribution in [2.24, 2.45) is 5.92 Å². The standard InChI is InChI=1S/C26H25N4O2/c1-29(2)22-13-15-30(16-14-22)25(26(31)20-7-5-4-6-8-20)24(21(17-27)18-28)19-9-11-23(32-3)12-10-19/h4-16,21,24-25H,1-3H3/q+1. The molecule has 3 aromatic rings. The van der Waals surface area contributed by atoms with Gasteiger partial charge in [-0.05, 0) is 17.7 Å². The van der Waals surface area contributed by atoms with Crippen molar-refractivity contribution in [2.75, 3.05) is 26.1 Å². The number of nitriles is 2. The van der Waals surface area contributed by atoms with Gasteiger partial charge >= 0.3 is 0 Å². The van der Waals surface area contributed by atoms with Crippen molar-refractivity contribution in [1.29, 1.82) is 10.5 Å². The number of hydrogen-bond donors (Lipinski definition) is 0. The molecule has 160 valence electrons. The van der Waals surface area contributed by atoms with Crippen molar-refractivity contribution in [1.82, 2.24) is 0 Å². The van der Waals surface area contributed by atoms with Gasteiger partial charge < -0.3 is 9.64 Å². The molecular formula is C26H25N4O2+. The van der Waals surface area contributed by atoms with Gasteiger partial charge in [0, 0.05) is 37.5 Å². The third kappa shape index (κ3) is 4.77. The molecule has 0 bridgehead atoms. The number of aromatic nitrogens is 1. The van der Waals surface area contributed by atoms with Gasteiger partial charge in [0.15, 0.2) is 12.4 Å². The van der Waals surface area contributed by atoms with Gasteiger partial charge in [0.05, 0.1) is 25.2 Å². The van der Waals surface area contributed by atoms with Crippen molar-refractivity contribution in [3.05, 3.63) is 90.3 Å². The van der Waals surface area contributed by atoms with Gasteiger partial charge in [-0.3, -0.25) is 4.79 Å². The molecule has 6 heteroatoms. The number of carbonyl (C=O) groups is 1. The van der Waals surface area contributed by atoms with E-state index in [2.05, 4.69) is 12.1 Å². The fraction of sp³-hybridized carbons (Fsp3) is 0.231. The molecule has 1 heterocycles. The molecule has 0 aliphatic heterocycles. The minimum absolute atomic E-state index is 0.162. The number of benzene rings is 2. The summed E-state index contributed by atoms with van der Waals surface area (Å²) in [5, 5.41) is 19.6. The fourth-order valence-corrected chi connectivity index (χ4v) is 3.74. The van der Waals surface area contributed by atoms with E-state index >= 15 is 0 Å². The minimum atomic E-state index is -1.03. The zero-order valence-electron chi connectivity index (χ0n) is 18.3. The SMILES string of the molecule is COc1ccc(C(C(C#N)C#N)C(C(=O)c2ccccc2)[n+]2ccc(N(C)C)cc2)cc1.